The van der Waals surface area contributed by atoms with Gasteiger partial charge < -0.3 is 19.9 Å². The zero-order chi connectivity index (χ0) is 25.0. The number of para-hydroxylation sites is 1. The molecule has 0 saturated heterocycles. The number of nitrogens with zero attached hydrogens (tertiary/aromatic N) is 2. The average molecular weight is 535 g/mol. The Hall–Kier alpha value is -2.58. The lowest BCUT2D eigenvalue weighted by atomic mass is 10.2. The molecule has 0 aliphatic carbocycles. The predicted molar refractivity (Wildman–Crippen MR) is 143 cm³/mol. The van der Waals surface area contributed by atoms with Crippen molar-refractivity contribution in [1.29, 1.82) is 0 Å². The summed E-state index contributed by atoms with van der Waals surface area (Å²) in [5.74, 6) is -0.154. The first kappa shape index (κ1) is 27.0. The molecule has 0 bridgehead atoms. The molecule has 1 N–H and O–H groups in total. The predicted octanol–water partition coefficient (Wildman–Crippen LogP) is 6.54. The van der Waals surface area contributed by atoms with Crippen LogP contribution in [0.1, 0.15) is 23.8 Å². The molecule has 0 atom stereocenters. The first-order chi connectivity index (χ1) is 17.0. The molecule has 3 aromatic rings. The highest BCUT2D eigenvalue weighted by Crippen LogP contribution is 2.30. The van der Waals surface area contributed by atoms with Gasteiger partial charge in [0.15, 0.2) is 0 Å². The minimum absolute atomic E-state index is 0.0851. The third-order valence-corrected chi connectivity index (χ3v) is 6.72. The quantitative estimate of drug-likeness (QED) is 0.268. The highest BCUT2D eigenvalue weighted by atomic mass is 35.5. The minimum Gasteiger partial charge on any atom is -0.382 e. The van der Waals surface area contributed by atoms with Gasteiger partial charge in [0.05, 0.1) is 22.3 Å². The zero-order valence-corrected chi connectivity index (χ0v) is 21.9. The molecule has 0 radical (unpaired) electrons. The van der Waals surface area contributed by atoms with Crippen LogP contribution < -0.4 is 5.32 Å². The fourth-order valence-corrected chi connectivity index (χ4v) is 4.66. The number of hydrogen-bond donors (Lipinski definition) is 1. The monoisotopic (exact) mass is 533 g/mol. The number of ether oxygens (including phenoxy) is 1. The summed E-state index contributed by atoms with van der Waals surface area (Å²) < 4.78 is 5.43. The van der Waals surface area contributed by atoms with Gasteiger partial charge in [-0.05, 0) is 42.5 Å². The number of urea groups is 1. The van der Waals surface area contributed by atoms with E-state index >= 15 is 0 Å². The standard InChI is InChI=1S/C26H29Cl2N3O3S/c1-2-34-15-8-14-30(26(33)29-25-22(27)12-6-13-23(25)28)19-24(32)31(18-21-11-7-16-35-21)17-20-9-4-3-5-10-20/h3-7,9-13,16H,2,8,14-15,17-19H2,1H3,(H,29,33). The van der Waals surface area contributed by atoms with E-state index in [0.717, 1.165) is 10.4 Å². The van der Waals surface area contributed by atoms with Gasteiger partial charge in [-0.25, -0.2) is 4.79 Å². The van der Waals surface area contributed by atoms with E-state index in [-0.39, 0.29) is 12.5 Å². The highest BCUT2D eigenvalue weighted by Gasteiger charge is 2.23. The van der Waals surface area contributed by atoms with Gasteiger partial charge in [-0.3, -0.25) is 4.79 Å². The number of carbonyl (C=O) groups excluding carboxylic acids is 2. The van der Waals surface area contributed by atoms with Crippen molar-refractivity contribution in [2.75, 3.05) is 31.6 Å². The van der Waals surface area contributed by atoms with Crippen LogP contribution in [0.15, 0.2) is 66.0 Å². The van der Waals surface area contributed by atoms with Crippen LogP contribution in [0, 0.1) is 0 Å². The third kappa shape index (κ3) is 8.54. The second kappa shape index (κ2) is 14.1. The summed E-state index contributed by atoms with van der Waals surface area (Å²) in [7, 11) is 0. The van der Waals surface area contributed by atoms with Gasteiger partial charge in [0, 0.05) is 31.2 Å². The number of rotatable bonds is 12. The van der Waals surface area contributed by atoms with Gasteiger partial charge in [0.1, 0.15) is 6.54 Å². The molecule has 3 amide bonds. The van der Waals surface area contributed by atoms with Crippen molar-refractivity contribution in [2.24, 2.45) is 0 Å². The summed E-state index contributed by atoms with van der Waals surface area (Å²) in [5, 5.41) is 5.42. The van der Waals surface area contributed by atoms with Gasteiger partial charge in [-0.15, -0.1) is 11.3 Å². The van der Waals surface area contributed by atoms with E-state index in [1.807, 2.05) is 54.8 Å². The summed E-state index contributed by atoms with van der Waals surface area (Å²) in [6, 6.07) is 18.3. The van der Waals surface area contributed by atoms with Crippen molar-refractivity contribution in [2.45, 2.75) is 26.4 Å². The highest BCUT2D eigenvalue weighted by molar-refractivity contribution is 7.09. The molecule has 0 unspecified atom stereocenters. The van der Waals surface area contributed by atoms with Crippen molar-refractivity contribution in [3.8, 4) is 0 Å². The molecule has 6 nitrogen and oxygen atoms in total. The number of carbonyl (C=O) groups is 2. The van der Waals surface area contributed by atoms with E-state index in [9.17, 15) is 9.59 Å². The van der Waals surface area contributed by atoms with Crippen LogP contribution in [0.3, 0.4) is 0 Å². The smallest absolute Gasteiger partial charge is 0.322 e. The Morgan fingerprint density at radius 1 is 0.943 bits per heavy atom. The molecule has 0 saturated carbocycles. The Balaban J connectivity index is 1.76. The summed E-state index contributed by atoms with van der Waals surface area (Å²) in [6.45, 7) is 4.17. The normalized spacial score (nSPS) is 10.7. The van der Waals surface area contributed by atoms with E-state index < -0.39 is 6.03 Å². The van der Waals surface area contributed by atoms with Gasteiger partial charge in [-0.1, -0.05) is 65.7 Å². The van der Waals surface area contributed by atoms with Crippen LogP contribution in [0.5, 0.6) is 0 Å². The molecule has 3 rings (SSSR count). The van der Waals surface area contributed by atoms with E-state index in [2.05, 4.69) is 5.32 Å². The minimum atomic E-state index is -0.444. The van der Waals surface area contributed by atoms with Crippen LogP contribution >= 0.6 is 34.5 Å². The number of benzene rings is 2. The van der Waals surface area contributed by atoms with Crippen molar-refractivity contribution in [1.82, 2.24) is 9.80 Å². The van der Waals surface area contributed by atoms with Gasteiger partial charge >= 0.3 is 6.03 Å². The average Bonchev–Trinajstić information content (AvgIpc) is 3.36. The molecule has 186 valence electrons. The van der Waals surface area contributed by atoms with Crippen molar-refractivity contribution in [3.63, 3.8) is 0 Å². The second-order valence-electron chi connectivity index (χ2n) is 7.81. The Bertz CT molecular complexity index is 1060. The lowest BCUT2D eigenvalue weighted by molar-refractivity contribution is -0.133. The van der Waals surface area contributed by atoms with E-state index in [0.29, 0.717) is 55.0 Å². The van der Waals surface area contributed by atoms with Crippen LogP contribution in [0.25, 0.3) is 0 Å². The molecule has 9 heteroatoms. The number of anilines is 1. The lowest BCUT2D eigenvalue weighted by Crippen LogP contribution is -2.44. The number of thiophene rings is 1. The number of nitrogens with one attached hydrogen (secondary N) is 1. The molecule has 0 aliphatic rings. The van der Waals surface area contributed by atoms with Crippen molar-refractivity contribution >= 4 is 52.2 Å². The van der Waals surface area contributed by atoms with Crippen LogP contribution in [-0.4, -0.2) is 48.0 Å². The Kier molecular flexibility index (Phi) is 10.9. The molecule has 0 spiro atoms. The van der Waals surface area contributed by atoms with Gasteiger partial charge in [0.2, 0.25) is 5.91 Å². The maximum atomic E-state index is 13.5. The molecular weight excluding hydrogens is 505 g/mol. The van der Waals surface area contributed by atoms with Gasteiger partial charge in [0.25, 0.3) is 0 Å². The molecule has 35 heavy (non-hydrogen) atoms. The third-order valence-electron chi connectivity index (χ3n) is 5.22. The first-order valence-corrected chi connectivity index (χ1v) is 13.0. The van der Waals surface area contributed by atoms with Crippen molar-refractivity contribution in [3.05, 3.63) is 86.5 Å². The maximum absolute atomic E-state index is 13.5. The topological polar surface area (TPSA) is 61.9 Å². The fraction of sp³-hybridized carbons (Fsp3) is 0.308. The number of hydrogen-bond acceptors (Lipinski definition) is 4. The number of amides is 3. The fourth-order valence-electron chi connectivity index (χ4n) is 3.45. The first-order valence-electron chi connectivity index (χ1n) is 11.4. The molecule has 0 aliphatic heterocycles. The SMILES string of the molecule is CCOCCCN(CC(=O)N(Cc1ccccc1)Cc1cccs1)C(=O)Nc1c(Cl)cccc1Cl. The molecule has 1 aromatic heterocycles. The lowest BCUT2D eigenvalue weighted by Gasteiger charge is -2.28. The van der Waals surface area contributed by atoms with E-state index in [1.165, 1.54) is 4.90 Å². The van der Waals surface area contributed by atoms with Crippen LogP contribution in [-0.2, 0) is 22.6 Å². The molecule has 0 fully saturated rings. The Labute approximate surface area is 220 Å². The van der Waals surface area contributed by atoms with Crippen molar-refractivity contribution < 1.29 is 14.3 Å². The Morgan fingerprint density at radius 2 is 1.69 bits per heavy atom. The van der Waals surface area contributed by atoms with E-state index in [1.54, 1.807) is 34.4 Å². The zero-order valence-electron chi connectivity index (χ0n) is 19.6. The molecule has 2 aromatic carbocycles. The Morgan fingerprint density at radius 3 is 2.34 bits per heavy atom. The summed E-state index contributed by atoms with van der Waals surface area (Å²) in [4.78, 5) is 31.0. The van der Waals surface area contributed by atoms with Crippen LogP contribution in [0.4, 0.5) is 10.5 Å². The maximum Gasteiger partial charge on any atom is 0.322 e. The summed E-state index contributed by atoms with van der Waals surface area (Å²) in [6.07, 6.45) is 0.592. The number of halogens is 2. The molecule has 1 heterocycles. The largest absolute Gasteiger partial charge is 0.382 e. The molecular formula is C26H29Cl2N3O3S. The van der Waals surface area contributed by atoms with Gasteiger partial charge in [-0.2, -0.15) is 0 Å². The van der Waals surface area contributed by atoms with E-state index in [4.69, 9.17) is 27.9 Å². The summed E-state index contributed by atoms with van der Waals surface area (Å²) in [5.41, 5.74) is 1.34. The van der Waals surface area contributed by atoms with Crippen LogP contribution in [0.2, 0.25) is 10.0 Å². The summed E-state index contributed by atoms with van der Waals surface area (Å²) >= 11 is 14.1. The second-order valence-corrected chi connectivity index (χ2v) is 9.66.